The Kier molecular flexibility index (Phi) is 4.35. The molecule has 0 aliphatic carbocycles. The van der Waals surface area contributed by atoms with E-state index in [1.54, 1.807) is 18.3 Å². The summed E-state index contributed by atoms with van der Waals surface area (Å²) in [5.74, 6) is 2.68. The van der Waals surface area contributed by atoms with Crippen molar-refractivity contribution in [3.05, 3.63) is 83.8 Å². The monoisotopic (exact) mass is 303 g/mol. The quantitative estimate of drug-likeness (QED) is 0.664. The molecule has 0 N–H and O–H groups in total. The molecule has 2 aromatic carbocycles. The van der Waals surface area contributed by atoms with Gasteiger partial charge in [-0.05, 0) is 29.3 Å². The Labute approximate surface area is 134 Å². The zero-order valence-electron chi connectivity index (χ0n) is 12.4. The molecule has 0 saturated heterocycles. The van der Waals surface area contributed by atoms with E-state index >= 15 is 0 Å². The van der Waals surface area contributed by atoms with Crippen molar-refractivity contribution in [1.82, 2.24) is 4.98 Å². The first-order valence-electron chi connectivity index (χ1n) is 7.15. The molecule has 0 saturated carbocycles. The van der Waals surface area contributed by atoms with Crippen molar-refractivity contribution >= 4 is 0 Å². The van der Waals surface area contributed by atoms with Crippen molar-refractivity contribution in [3.63, 3.8) is 0 Å². The molecule has 3 rings (SSSR count). The molecule has 0 radical (unpaired) electrons. The molecule has 3 aromatic rings. The maximum atomic E-state index is 13.2. The lowest BCUT2D eigenvalue weighted by atomic mass is 10.0. The number of nitrogens with zero attached hydrogens (tertiary/aromatic N) is 1. The fourth-order valence-corrected chi connectivity index (χ4v) is 2.24. The van der Waals surface area contributed by atoms with Crippen LogP contribution in [0, 0.1) is 18.2 Å². The number of hydrogen-bond acceptors (Lipinski definition) is 2. The van der Waals surface area contributed by atoms with E-state index in [1.807, 2.05) is 36.4 Å². The summed E-state index contributed by atoms with van der Waals surface area (Å²) >= 11 is 0. The first-order valence-corrected chi connectivity index (χ1v) is 7.15. The molecule has 23 heavy (non-hydrogen) atoms. The summed E-state index contributed by atoms with van der Waals surface area (Å²) < 4.78 is 18.9. The van der Waals surface area contributed by atoms with Gasteiger partial charge in [-0.15, -0.1) is 6.42 Å². The average molecular weight is 303 g/mol. The fraction of sp³-hybridized carbons (Fsp3) is 0.0500. The summed E-state index contributed by atoms with van der Waals surface area (Å²) in [7, 11) is 0. The maximum Gasteiger partial charge on any atom is 0.213 e. The van der Waals surface area contributed by atoms with Crippen molar-refractivity contribution in [1.29, 1.82) is 0 Å². The van der Waals surface area contributed by atoms with Crippen LogP contribution in [0.4, 0.5) is 4.39 Å². The molecule has 0 fully saturated rings. The summed E-state index contributed by atoms with van der Waals surface area (Å²) in [6.45, 7) is 0.458. The molecular formula is C20H14FNO. The van der Waals surface area contributed by atoms with Crippen LogP contribution in [0.25, 0.3) is 11.1 Å². The Morgan fingerprint density at radius 1 is 1.04 bits per heavy atom. The van der Waals surface area contributed by atoms with Crippen LogP contribution in [0.15, 0.2) is 66.9 Å². The molecule has 0 spiro atoms. The molecule has 1 aromatic heterocycles. The minimum absolute atomic E-state index is 0.350. The van der Waals surface area contributed by atoms with E-state index in [1.165, 1.54) is 12.1 Å². The predicted octanol–water partition coefficient (Wildman–Crippen LogP) is 4.45. The van der Waals surface area contributed by atoms with Crippen molar-refractivity contribution in [2.45, 2.75) is 6.61 Å². The minimum Gasteiger partial charge on any atom is -0.473 e. The number of halogens is 1. The van der Waals surface area contributed by atoms with Crippen LogP contribution in [-0.2, 0) is 6.61 Å². The van der Waals surface area contributed by atoms with Gasteiger partial charge in [0.1, 0.15) is 12.4 Å². The third kappa shape index (κ3) is 3.56. The molecule has 0 aliphatic heterocycles. The van der Waals surface area contributed by atoms with Gasteiger partial charge < -0.3 is 4.74 Å². The predicted molar refractivity (Wildman–Crippen MR) is 88.3 cm³/mol. The van der Waals surface area contributed by atoms with Gasteiger partial charge in [0.25, 0.3) is 0 Å². The number of hydrogen-bond donors (Lipinski definition) is 0. The Bertz CT molecular complexity index is 836. The van der Waals surface area contributed by atoms with Gasteiger partial charge in [-0.1, -0.05) is 42.3 Å². The SMILES string of the molecule is C#Cc1cc(F)ccc1-c1ccc(OCc2ccccc2)nc1. The first-order chi connectivity index (χ1) is 11.3. The molecular weight excluding hydrogens is 289 g/mol. The standard InChI is InChI=1S/C20H14FNO/c1-2-16-12-18(21)9-10-19(16)17-8-11-20(22-13-17)23-14-15-6-4-3-5-7-15/h1,3-13H,14H2. The van der Waals surface area contributed by atoms with Crippen LogP contribution in [0.2, 0.25) is 0 Å². The first kappa shape index (κ1) is 14.8. The highest BCUT2D eigenvalue weighted by Crippen LogP contribution is 2.24. The largest absolute Gasteiger partial charge is 0.473 e. The molecule has 1 heterocycles. The second-order valence-corrected chi connectivity index (χ2v) is 4.99. The van der Waals surface area contributed by atoms with Crippen LogP contribution < -0.4 is 4.74 Å². The lowest BCUT2D eigenvalue weighted by Gasteiger charge is -2.08. The van der Waals surface area contributed by atoms with Gasteiger partial charge in [0.2, 0.25) is 5.88 Å². The molecule has 0 atom stereocenters. The molecule has 0 amide bonds. The van der Waals surface area contributed by atoms with Crippen LogP contribution in [0.3, 0.4) is 0 Å². The summed E-state index contributed by atoms with van der Waals surface area (Å²) in [4.78, 5) is 4.28. The minimum atomic E-state index is -0.350. The summed E-state index contributed by atoms with van der Waals surface area (Å²) in [6, 6.07) is 17.9. The lowest BCUT2D eigenvalue weighted by molar-refractivity contribution is 0.294. The molecule has 112 valence electrons. The lowest BCUT2D eigenvalue weighted by Crippen LogP contribution is -1.97. The number of aromatic nitrogens is 1. The normalized spacial score (nSPS) is 10.1. The topological polar surface area (TPSA) is 22.1 Å². The number of benzene rings is 2. The van der Waals surface area contributed by atoms with Crippen molar-refractivity contribution < 1.29 is 9.13 Å². The average Bonchev–Trinajstić information content (AvgIpc) is 2.61. The summed E-state index contributed by atoms with van der Waals surface area (Å²) in [5.41, 5.74) is 3.18. The highest BCUT2D eigenvalue weighted by Gasteiger charge is 2.06. The van der Waals surface area contributed by atoms with Gasteiger partial charge in [0.15, 0.2) is 0 Å². The molecule has 0 bridgehead atoms. The fourth-order valence-electron chi connectivity index (χ4n) is 2.24. The highest BCUT2D eigenvalue weighted by atomic mass is 19.1. The summed E-state index contributed by atoms with van der Waals surface area (Å²) in [5, 5.41) is 0. The zero-order valence-corrected chi connectivity index (χ0v) is 12.4. The number of pyridine rings is 1. The van der Waals surface area contributed by atoms with Crippen LogP contribution >= 0.6 is 0 Å². The Balaban J connectivity index is 1.76. The maximum absolute atomic E-state index is 13.2. The van der Waals surface area contributed by atoms with Crippen LogP contribution in [-0.4, -0.2) is 4.98 Å². The van der Waals surface area contributed by atoms with Gasteiger partial charge in [-0.3, -0.25) is 0 Å². The van der Waals surface area contributed by atoms with Gasteiger partial charge in [-0.2, -0.15) is 0 Å². The van der Waals surface area contributed by atoms with E-state index in [9.17, 15) is 4.39 Å². The van der Waals surface area contributed by atoms with Gasteiger partial charge in [0.05, 0.1) is 0 Å². The van der Waals surface area contributed by atoms with Gasteiger partial charge >= 0.3 is 0 Å². The third-order valence-electron chi connectivity index (χ3n) is 3.41. The van der Waals surface area contributed by atoms with E-state index in [0.29, 0.717) is 18.1 Å². The van der Waals surface area contributed by atoms with Crippen molar-refractivity contribution in [2.24, 2.45) is 0 Å². The van der Waals surface area contributed by atoms with Crippen LogP contribution in [0.1, 0.15) is 11.1 Å². The van der Waals surface area contributed by atoms with E-state index in [0.717, 1.165) is 16.7 Å². The Morgan fingerprint density at radius 2 is 1.87 bits per heavy atom. The molecule has 0 aliphatic rings. The van der Waals surface area contributed by atoms with E-state index in [4.69, 9.17) is 11.2 Å². The number of ether oxygens (including phenoxy) is 1. The van der Waals surface area contributed by atoms with E-state index in [-0.39, 0.29) is 5.82 Å². The van der Waals surface area contributed by atoms with E-state index in [2.05, 4.69) is 10.9 Å². The third-order valence-corrected chi connectivity index (χ3v) is 3.41. The van der Waals surface area contributed by atoms with Gasteiger partial charge in [-0.25, -0.2) is 9.37 Å². The Morgan fingerprint density at radius 3 is 2.57 bits per heavy atom. The zero-order chi connectivity index (χ0) is 16.1. The molecule has 3 heteroatoms. The second-order valence-electron chi connectivity index (χ2n) is 4.99. The number of terminal acetylenes is 1. The second kappa shape index (κ2) is 6.76. The van der Waals surface area contributed by atoms with Crippen molar-refractivity contribution in [3.8, 4) is 29.4 Å². The summed E-state index contributed by atoms with van der Waals surface area (Å²) in [6.07, 6.45) is 7.11. The van der Waals surface area contributed by atoms with Gasteiger partial charge in [0, 0.05) is 23.4 Å². The highest BCUT2D eigenvalue weighted by molar-refractivity contribution is 5.70. The number of rotatable bonds is 4. The van der Waals surface area contributed by atoms with Crippen LogP contribution in [0.5, 0.6) is 5.88 Å². The molecule has 2 nitrogen and oxygen atoms in total. The molecule has 0 unspecified atom stereocenters. The smallest absolute Gasteiger partial charge is 0.213 e. The Hall–Kier alpha value is -3.12. The van der Waals surface area contributed by atoms with E-state index < -0.39 is 0 Å². The van der Waals surface area contributed by atoms with Crippen molar-refractivity contribution in [2.75, 3.05) is 0 Å².